The third-order valence-electron chi connectivity index (χ3n) is 2.29. The van der Waals surface area contributed by atoms with Crippen LogP contribution in [0, 0.1) is 0 Å². The smallest absolute Gasteiger partial charge is 0.152 e. The van der Waals surface area contributed by atoms with Gasteiger partial charge in [0.1, 0.15) is 28.6 Å². The summed E-state index contributed by atoms with van der Waals surface area (Å²) in [5, 5.41) is 18.5. The zero-order chi connectivity index (χ0) is 12.4. The lowest BCUT2D eigenvalue weighted by Crippen LogP contribution is -1.98. The molecule has 0 unspecified atom stereocenters. The summed E-state index contributed by atoms with van der Waals surface area (Å²) in [7, 11) is 0. The molecular formula is C12H12N2O3. The van der Waals surface area contributed by atoms with Crippen LogP contribution in [-0.2, 0) is 0 Å². The molecule has 0 radical (unpaired) electrons. The number of hydrogen-bond donors (Lipinski definition) is 4. The van der Waals surface area contributed by atoms with Gasteiger partial charge < -0.3 is 26.4 Å². The van der Waals surface area contributed by atoms with E-state index < -0.39 is 0 Å². The predicted molar refractivity (Wildman–Crippen MR) is 65.1 cm³/mol. The Bertz CT molecular complexity index is 538. The Morgan fingerprint density at radius 3 is 2.12 bits per heavy atom. The summed E-state index contributed by atoms with van der Waals surface area (Å²) >= 11 is 0. The van der Waals surface area contributed by atoms with Crippen LogP contribution in [0.3, 0.4) is 0 Å². The van der Waals surface area contributed by atoms with Crippen molar-refractivity contribution in [3.05, 3.63) is 36.4 Å². The predicted octanol–water partition coefficient (Wildman–Crippen LogP) is 2.05. The van der Waals surface area contributed by atoms with E-state index in [9.17, 15) is 5.11 Å². The Labute approximate surface area is 97.9 Å². The maximum absolute atomic E-state index is 9.33. The SMILES string of the molecule is Nc1c(O)ccc(Oc2ccc(O)cc2)c1N. The standard InChI is InChI=1S/C12H12N2O3/c13-11-9(16)5-6-10(12(11)14)17-8-3-1-7(15)2-4-8/h1-6,15-16H,13-14H2. The molecule has 0 aliphatic rings. The largest absolute Gasteiger partial charge is 0.508 e. The first-order valence-corrected chi connectivity index (χ1v) is 4.91. The average molecular weight is 232 g/mol. The Hall–Kier alpha value is -2.56. The first-order chi connectivity index (χ1) is 8.08. The highest BCUT2D eigenvalue weighted by Crippen LogP contribution is 2.37. The van der Waals surface area contributed by atoms with Crippen LogP contribution in [-0.4, -0.2) is 10.2 Å². The van der Waals surface area contributed by atoms with E-state index in [0.29, 0.717) is 11.5 Å². The van der Waals surface area contributed by atoms with Crippen LogP contribution in [0.2, 0.25) is 0 Å². The van der Waals surface area contributed by atoms with E-state index in [1.54, 1.807) is 12.1 Å². The number of nitrogen functional groups attached to an aromatic ring is 2. The van der Waals surface area contributed by atoms with Crippen molar-refractivity contribution in [3.8, 4) is 23.0 Å². The normalized spacial score (nSPS) is 10.1. The van der Waals surface area contributed by atoms with Crippen molar-refractivity contribution in [2.45, 2.75) is 0 Å². The highest BCUT2D eigenvalue weighted by Gasteiger charge is 2.09. The van der Waals surface area contributed by atoms with Crippen LogP contribution in [0.5, 0.6) is 23.0 Å². The van der Waals surface area contributed by atoms with E-state index in [1.807, 2.05) is 0 Å². The minimum atomic E-state index is -0.0828. The van der Waals surface area contributed by atoms with Crippen molar-refractivity contribution in [2.75, 3.05) is 11.5 Å². The van der Waals surface area contributed by atoms with Crippen molar-refractivity contribution in [1.82, 2.24) is 0 Å². The molecular weight excluding hydrogens is 220 g/mol. The first kappa shape index (κ1) is 10.9. The molecule has 5 heteroatoms. The van der Waals surface area contributed by atoms with Gasteiger partial charge in [-0.3, -0.25) is 0 Å². The number of rotatable bonds is 2. The van der Waals surface area contributed by atoms with Crippen molar-refractivity contribution in [2.24, 2.45) is 0 Å². The molecule has 2 aromatic rings. The topological polar surface area (TPSA) is 102 Å². The van der Waals surface area contributed by atoms with Crippen LogP contribution in [0.25, 0.3) is 0 Å². The summed E-state index contributed by atoms with van der Waals surface area (Å²) in [6, 6.07) is 9.11. The second-order valence-corrected chi connectivity index (χ2v) is 3.51. The van der Waals surface area contributed by atoms with Crippen molar-refractivity contribution < 1.29 is 14.9 Å². The van der Waals surface area contributed by atoms with E-state index in [1.165, 1.54) is 24.3 Å². The average Bonchev–Trinajstić information content (AvgIpc) is 2.33. The summed E-state index contributed by atoms with van der Waals surface area (Å²) in [6.45, 7) is 0. The molecule has 0 aliphatic heterocycles. The number of phenols is 2. The molecule has 0 fully saturated rings. The molecule has 0 saturated heterocycles. The number of aromatic hydroxyl groups is 2. The number of anilines is 2. The molecule has 0 aromatic heterocycles. The fraction of sp³-hybridized carbons (Fsp3) is 0. The van der Waals surface area contributed by atoms with Gasteiger partial charge in [-0.1, -0.05) is 0 Å². The maximum Gasteiger partial charge on any atom is 0.152 e. The number of nitrogens with two attached hydrogens (primary N) is 2. The Morgan fingerprint density at radius 2 is 1.47 bits per heavy atom. The molecule has 0 bridgehead atoms. The summed E-state index contributed by atoms with van der Waals surface area (Å²) in [5.41, 5.74) is 11.5. The number of phenolic OH excluding ortho intramolecular Hbond substituents is 2. The lowest BCUT2D eigenvalue weighted by atomic mass is 10.2. The highest BCUT2D eigenvalue weighted by atomic mass is 16.5. The molecule has 0 atom stereocenters. The van der Waals surface area contributed by atoms with E-state index in [-0.39, 0.29) is 22.9 Å². The van der Waals surface area contributed by atoms with Gasteiger partial charge in [-0.25, -0.2) is 0 Å². The Kier molecular flexibility index (Phi) is 2.66. The number of ether oxygens (including phenoxy) is 1. The second-order valence-electron chi connectivity index (χ2n) is 3.51. The molecule has 0 spiro atoms. The molecule has 2 aromatic carbocycles. The van der Waals surface area contributed by atoms with Crippen LogP contribution in [0.15, 0.2) is 36.4 Å². The minimum absolute atomic E-state index is 0.0828. The van der Waals surface area contributed by atoms with Crippen LogP contribution in [0.1, 0.15) is 0 Å². The van der Waals surface area contributed by atoms with Crippen LogP contribution < -0.4 is 16.2 Å². The van der Waals surface area contributed by atoms with Crippen LogP contribution >= 0.6 is 0 Å². The van der Waals surface area contributed by atoms with Gasteiger partial charge in [0, 0.05) is 0 Å². The van der Waals surface area contributed by atoms with E-state index >= 15 is 0 Å². The summed E-state index contributed by atoms with van der Waals surface area (Å²) in [6.07, 6.45) is 0. The molecule has 0 aliphatic carbocycles. The fourth-order valence-electron chi connectivity index (χ4n) is 1.34. The van der Waals surface area contributed by atoms with Crippen molar-refractivity contribution in [3.63, 3.8) is 0 Å². The highest BCUT2D eigenvalue weighted by molar-refractivity contribution is 5.76. The lowest BCUT2D eigenvalue weighted by Gasteiger charge is -2.11. The van der Waals surface area contributed by atoms with E-state index in [0.717, 1.165) is 0 Å². The van der Waals surface area contributed by atoms with Gasteiger partial charge in [0.25, 0.3) is 0 Å². The third-order valence-corrected chi connectivity index (χ3v) is 2.29. The van der Waals surface area contributed by atoms with Gasteiger partial charge in [-0.05, 0) is 36.4 Å². The van der Waals surface area contributed by atoms with Gasteiger partial charge in [-0.2, -0.15) is 0 Å². The molecule has 88 valence electrons. The second kappa shape index (κ2) is 4.13. The fourth-order valence-corrected chi connectivity index (χ4v) is 1.34. The third kappa shape index (κ3) is 2.17. The monoisotopic (exact) mass is 232 g/mol. The molecule has 17 heavy (non-hydrogen) atoms. The van der Waals surface area contributed by atoms with Gasteiger partial charge >= 0.3 is 0 Å². The zero-order valence-corrected chi connectivity index (χ0v) is 8.92. The van der Waals surface area contributed by atoms with Gasteiger partial charge in [0.15, 0.2) is 5.75 Å². The van der Waals surface area contributed by atoms with E-state index in [2.05, 4.69) is 0 Å². The molecule has 6 N–H and O–H groups in total. The van der Waals surface area contributed by atoms with Gasteiger partial charge in [0.05, 0.1) is 0 Å². The summed E-state index contributed by atoms with van der Waals surface area (Å²) in [5.74, 6) is 0.932. The van der Waals surface area contributed by atoms with Crippen molar-refractivity contribution in [1.29, 1.82) is 0 Å². The van der Waals surface area contributed by atoms with E-state index in [4.69, 9.17) is 21.3 Å². The first-order valence-electron chi connectivity index (χ1n) is 4.91. The van der Waals surface area contributed by atoms with Gasteiger partial charge in [0.2, 0.25) is 0 Å². The zero-order valence-electron chi connectivity index (χ0n) is 8.92. The summed E-state index contributed by atoms with van der Waals surface area (Å²) in [4.78, 5) is 0. The minimum Gasteiger partial charge on any atom is -0.508 e. The maximum atomic E-state index is 9.33. The lowest BCUT2D eigenvalue weighted by molar-refractivity contribution is 0.462. The molecule has 2 rings (SSSR count). The molecule has 0 saturated carbocycles. The number of hydrogen-bond acceptors (Lipinski definition) is 5. The van der Waals surface area contributed by atoms with Crippen LogP contribution in [0.4, 0.5) is 11.4 Å². The number of benzene rings is 2. The summed E-state index contributed by atoms with van der Waals surface area (Å²) < 4.78 is 5.47. The quantitative estimate of drug-likeness (QED) is 0.469. The Balaban J connectivity index is 2.30. The molecule has 0 amide bonds. The van der Waals surface area contributed by atoms with Gasteiger partial charge in [-0.15, -0.1) is 0 Å². The van der Waals surface area contributed by atoms with Crippen molar-refractivity contribution >= 4 is 11.4 Å². The Morgan fingerprint density at radius 1 is 0.824 bits per heavy atom. The molecule has 0 heterocycles. The molecule has 5 nitrogen and oxygen atoms in total.